The molecule has 6 nitrogen and oxygen atoms in total. The van der Waals surface area contributed by atoms with Gasteiger partial charge in [-0.15, -0.1) is 0 Å². The van der Waals surface area contributed by atoms with Gasteiger partial charge in [0.05, 0.1) is 25.3 Å². The summed E-state index contributed by atoms with van der Waals surface area (Å²) in [7, 11) is 2.61. The van der Waals surface area contributed by atoms with Gasteiger partial charge in [-0.05, 0) is 41.5 Å². The summed E-state index contributed by atoms with van der Waals surface area (Å²) in [5.41, 5.74) is 3.57. The number of esters is 2. The molecule has 3 aromatic rings. The lowest BCUT2D eigenvalue weighted by Crippen LogP contribution is -2.33. The van der Waals surface area contributed by atoms with E-state index in [-0.39, 0.29) is 0 Å². The average molecular weight is 363 g/mol. The lowest BCUT2D eigenvalue weighted by Gasteiger charge is -2.07. The molecule has 0 aliphatic rings. The van der Waals surface area contributed by atoms with Crippen molar-refractivity contribution in [1.82, 2.24) is 4.98 Å². The average Bonchev–Trinajstić information content (AvgIpc) is 2.73. The number of carbonyl (C=O) groups is 2. The third kappa shape index (κ3) is 4.36. The van der Waals surface area contributed by atoms with E-state index in [0.29, 0.717) is 17.7 Å². The summed E-state index contributed by atoms with van der Waals surface area (Å²) in [5.74, 6) is -1.000. The number of ether oxygens (including phenoxy) is 2. The molecule has 2 aromatic heterocycles. The maximum atomic E-state index is 11.9. The molecule has 27 heavy (non-hydrogen) atoms. The second kappa shape index (κ2) is 8.23. The summed E-state index contributed by atoms with van der Waals surface area (Å²) >= 11 is 0. The Balaban J connectivity index is 1.88. The van der Waals surface area contributed by atoms with E-state index in [1.54, 1.807) is 24.5 Å². The van der Waals surface area contributed by atoms with Crippen molar-refractivity contribution >= 4 is 11.9 Å². The lowest BCUT2D eigenvalue weighted by atomic mass is 10.0. The van der Waals surface area contributed by atoms with Crippen LogP contribution in [0.25, 0.3) is 11.1 Å². The Labute approximate surface area is 157 Å². The third-order valence-electron chi connectivity index (χ3n) is 4.10. The Morgan fingerprint density at radius 1 is 0.852 bits per heavy atom. The van der Waals surface area contributed by atoms with Crippen LogP contribution in [0.5, 0.6) is 0 Å². The first-order chi connectivity index (χ1) is 13.1. The molecule has 0 fully saturated rings. The fraction of sp³-hybridized carbons (Fsp3) is 0.143. The summed E-state index contributed by atoms with van der Waals surface area (Å²) in [4.78, 5) is 27.8. The van der Waals surface area contributed by atoms with Crippen LogP contribution in [-0.4, -0.2) is 31.1 Å². The number of benzene rings is 1. The Hall–Kier alpha value is -3.54. The van der Waals surface area contributed by atoms with Crippen molar-refractivity contribution in [2.24, 2.45) is 0 Å². The van der Waals surface area contributed by atoms with Crippen molar-refractivity contribution in [1.29, 1.82) is 0 Å². The summed E-state index contributed by atoms with van der Waals surface area (Å²) in [6.45, 7) is 0.492. The van der Waals surface area contributed by atoms with Crippen LogP contribution < -0.4 is 4.57 Å². The summed E-state index contributed by atoms with van der Waals surface area (Å²) in [6.07, 6.45) is 7.39. The molecule has 0 radical (unpaired) electrons. The first-order valence-corrected chi connectivity index (χ1v) is 8.31. The van der Waals surface area contributed by atoms with E-state index < -0.39 is 11.9 Å². The molecule has 6 heteroatoms. The predicted molar refractivity (Wildman–Crippen MR) is 98.1 cm³/mol. The highest BCUT2D eigenvalue weighted by molar-refractivity contribution is 5.95. The monoisotopic (exact) mass is 363 g/mol. The Kier molecular flexibility index (Phi) is 5.56. The molecule has 0 saturated carbocycles. The van der Waals surface area contributed by atoms with Crippen molar-refractivity contribution < 1.29 is 23.6 Å². The fourth-order valence-corrected chi connectivity index (χ4v) is 2.77. The van der Waals surface area contributed by atoms with Gasteiger partial charge in [-0.25, -0.2) is 14.2 Å². The zero-order valence-electron chi connectivity index (χ0n) is 15.1. The number of carbonyl (C=O) groups excluding carboxylic acids is 2. The van der Waals surface area contributed by atoms with E-state index in [9.17, 15) is 9.59 Å². The minimum atomic E-state index is -0.500. The van der Waals surface area contributed by atoms with Crippen molar-refractivity contribution in [2.75, 3.05) is 14.2 Å². The molecule has 0 N–H and O–H groups in total. The molecule has 0 aliphatic heterocycles. The SMILES string of the molecule is COC(=O)c1cc(C[n+]2ccc(-c3ccncc3)cc2)cc(C(=O)OC)c1. The molecule has 0 aliphatic carbocycles. The summed E-state index contributed by atoms with van der Waals surface area (Å²) < 4.78 is 11.5. The van der Waals surface area contributed by atoms with Crippen LogP contribution in [0.1, 0.15) is 26.3 Å². The van der Waals surface area contributed by atoms with Crippen LogP contribution in [-0.2, 0) is 16.0 Å². The minimum Gasteiger partial charge on any atom is -0.465 e. The molecule has 2 heterocycles. The van der Waals surface area contributed by atoms with E-state index >= 15 is 0 Å². The number of hydrogen-bond acceptors (Lipinski definition) is 5. The topological polar surface area (TPSA) is 69.4 Å². The van der Waals surface area contributed by atoms with E-state index in [1.165, 1.54) is 20.3 Å². The molecule has 0 bridgehead atoms. The van der Waals surface area contributed by atoms with Gasteiger partial charge < -0.3 is 9.47 Å². The van der Waals surface area contributed by atoms with Gasteiger partial charge in [0.25, 0.3) is 0 Å². The van der Waals surface area contributed by atoms with E-state index in [0.717, 1.165) is 16.7 Å². The summed E-state index contributed by atoms with van der Waals surface area (Å²) in [5, 5.41) is 0. The number of methoxy groups -OCH3 is 2. The highest BCUT2D eigenvalue weighted by Gasteiger charge is 2.15. The van der Waals surface area contributed by atoms with E-state index in [2.05, 4.69) is 4.98 Å². The van der Waals surface area contributed by atoms with Gasteiger partial charge in [-0.3, -0.25) is 4.98 Å². The first kappa shape index (κ1) is 18.3. The van der Waals surface area contributed by atoms with Crippen LogP contribution in [0, 0.1) is 0 Å². The number of rotatable bonds is 5. The van der Waals surface area contributed by atoms with Crippen molar-refractivity contribution in [2.45, 2.75) is 6.54 Å². The second-order valence-corrected chi connectivity index (χ2v) is 5.90. The number of pyridine rings is 2. The van der Waals surface area contributed by atoms with E-state index in [1.807, 2.05) is 41.2 Å². The third-order valence-corrected chi connectivity index (χ3v) is 4.10. The van der Waals surface area contributed by atoms with Crippen LogP contribution in [0.3, 0.4) is 0 Å². The minimum absolute atomic E-state index is 0.310. The highest BCUT2D eigenvalue weighted by atomic mass is 16.5. The quantitative estimate of drug-likeness (QED) is 0.515. The highest BCUT2D eigenvalue weighted by Crippen LogP contribution is 2.16. The molecule has 0 amide bonds. The van der Waals surface area contributed by atoms with Gasteiger partial charge in [-0.1, -0.05) is 0 Å². The molecule has 3 rings (SSSR count). The van der Waals surface area contributed by atoms with Gasteiger partial charge in [0.15, 0.2) is 18.9 Å². The standard InChI is InChI=1S/C21H19N2O4/c1-26-20(24)18-11-15(12-19(13-18)21(25)27-2)14-23-9-5-17(6-10-23)16-3-7-22-8-4-16/h3-13H,14H2,1-2H3/q+1. The first-order valence-electron chi connectivity index (χ1n) is 8.31. The predicted octanol–water partition coefficient (Wildman–Crippen LogP) is 2.66. The van der Waals surface area contributed by atoms with Gasteiger partial charge >= 0.3 is 11.9 Å². The smallest absolute Gasteiger partial charge is 0.337 e. The molecule has 0 spiro atoms. The zero-order chi connectivity index (χ0) is 19.2. The largest absolute Gasteiger partial charge is 0.465 e. The molecule has 0 atom stereocenters. The molecular weight excluding hydrogens is 344 g/mol. The Bertz CT molecular complexity index is 919. The number of nitrogens with zero attached hydrogens (tertiary/aromatic N) is 2. The second-order valence-electron chi connectivity index (χ2n) is 5.90. The van der Waals surface area contributed by atoms with Crippen LogP contribution >= 0.6 is 0 Å². The summed E-state index contributed by atoms with van der Waals surface area (Å²) in [6, 6.07) is 12.8. The van der Waals surface area contributed by atoms with Crippen molar-refractivity contribution in [3.63, 3.8) is 0 Å². The van der Waals surface area contributed by atoms with E-state index in [4.69, 9.17) is 9.47 Å². The number of hydrogen-bond donors (Lipinski definition) is 0. The molecule has 0 unspecified atom stereocenters. The molecule has 136 valence electrons. The molecule has 1 aromatic carbocycles. The van der Waals surface area contributed by atoms with Crippen molar-refractivity contribution in [3.8, 4) is 11.1 Å². The van der Waals surface area contributed by atoms with Crippen LogP contribution in [0.4, 0.5) is 0 Å². The Morgan fingerprint density at radius 2 is 1.37 bits per heavy atom. The molecular formula is C21H19N2O4+. The normalized spacial score (nSPS) is 10.3. The lowest BCUT2D eigenvalue weighted by molar-refractivity contribution is -0.688. The number of aromatic nitrogens is 2. The van der Waals surface area contributed by atoms with Gasteiger partial charge in [0.1, 0.15) is 0 Å². The van der Waals surface area contributed by atoms with Crippen molar-refractivity contribution in [3.05, 3.63) is 83.9 Å². The van der Waals surface area contributed by atoms with Crippen LogP contribution in [0.15, 0.2) is 67.3 Å². The molecule has 0 saturated heterocycles. The van der Waals surface area contributed by atoms with Crippen LogP contribution in [0.2, 0.25) is 0 Å². The Morgan fingerprint density at radius 3 is 1.89 bits per heavy atom. The maximum absolute atomic E-state index is 11.9. The zero-order valence-corrected chi connectivity index (χ0v) is 15.1. The van der Waals surface area contributed by atoms with Gasteiger partial charge in [0.2, 0.25) is 0 Å². The van der Waals surface area contributed by atoms with Gasteiger partial charge in [0, 0.05) is 30.1 Å². The fourth-order valence-electron chi connectivity index (χ4n) is 2.77. The maximum Gasteiger partial charge on any atom is 0.337 e. The van der Waals surface area contributed by atoms with Gasteiger partial charge in [-0.2, -0.15) is 0 Å².